The van der Waals surface area contributed by atoms with Crippen LogP contribution in [0.4, 0.5) is 0 Å². The van der Waals surface area contributed by atoms with Gasteiger partial charge in [-0.05, 0) is 25.0 Å². The van der Waals surface area contributed by atoms with Gasteiger partial charge in [-0.1, -0.05) is 28.9 Å². The number of hydrogen-bond acceptors (Lipinski definition) is 2. The Hall–Kier alpha value is -0.540. The van der Waals surface area contributed by atoms with E-state index in [1.165, 1.54) is 5.56 Å². The number of methoxy groups -OCH3 is 1. The fourth-order valence-electron chi connectivity index (χ4n) is 1.78. The molecule has 0 aliphatic rings. The quantitative estimate of drug-likeness (QED) is 0.916. The third kappa shape index (κ3) is 2.34. The first-order chi connectivity index (χ1) is 7.02. The Balaban J connectivity index is 3.43. The molecule has 1 rings (SSSR count). The van der Waals surface area contributed by atoms with Crippen molar-refractivity contribution in [1.82, 2.24) is 0 Å². The summed E-state index contributed by atoms with van der Waals surface area (Å²) in [6, 6.07) is 2.08. The van der Waals surface area contributed by atoms with Crippen molar-refractivity contribution in [2.45, 2.75) is 26.7 Å². The lowest BCUT2D eigenvalue weighted by molar-refractivity contribution is 0.269. The highest BCUT2D eigenvalue weighted by molar-refractivity contribution is 9.10. The van der Waals surface area contributed by atoms with Gasteiger partial charge in [0.1, 0.15) is 5.75 Å². The lowest BCUT2D eigenvalue weighted by Crippen LogP contribution is -2.05. The average molecular weight is 273 g/mol. The third-order valence-corrected chi connectivity index (χ3v) is 3.64. The molecule has 0 spiro atoms. The summed E-state index contributed by atoms with van der Waals surface area (Å²) in [5.41, 5.74) is 3.33. The highest BCUT2D eigenvalue weighted by Gasteiger charge is 2.18. The number of aryl methyl sites for hydroxylation is 2. The molecule has 2 nitrogen and oxygen atoms in total. The molecule has 0 bridgehead atoms. The first-order valence-electron chi connectivity index (χ1n) is 4.97. The lowest BCUT2D eigenvalue weighted by Gasteiger charge is -2.19. The topological polar surface area (TPSA) is 29.5 Å². The molecule has 84 valence electrons. The minimum absolute atomic E-state index is 0.0768. The van der Waals surface area contributed by atoms with Gasteiger partial charge in [-0.2, -0.15) is 0 Å². The van der Waals surface area contributed by atoms with Crippen LogP contribution >= 0.6 is 15.9 Å². The van der Waals surface area contributed by atoms with Gasteiger partial charge >= 0.3 is 0 Å². The summed E-state index contributed by atoms with van der Waals surface area (Å²) in [5.74, 6) is 0.946. The molecule has 0 amide bonds. The van der Waals surface area contributed by atoms with Crippen LogP contribution in [0.2, 0.25) is 0 Å². The Morgan fingerprint density at radius 3 is 2.47 bits per heavy atom. The summed E-state index contributed by atoms with van der Waals surface area (Å²) >= 11 is 3.56. The van der Waals surface area contributed by atoms with Crippen LogP contribution in [-0.4, -0.2) is 18.8 Å². The molecule has 0 aromatic heterocycles. The minimum atomic E-state index is 0.0768. The molecule has 3 heteroatoms. The zero-order valence-corrected chi connectivity index (χ0v) is 11.2. The fourth-order valence-corrected chi connectivity index (χ4v) is 2.47. The number of halogens is 1. The molecule has 1 aromatic carbocycles. The molecule has 0 aliphatic carbocycles. The van der Waals surface area contributed by atoms with E-state index in [1.807, 2.05) is 20.8 Å². The maximum Gasteiger partial charge on any atom is 0.126 e. The van der Waals surface area contributed by atoms with Gasteiger partial charge < -0.3 is 9.84 Å². The van der Waals surface area contributed by atoms with Crippen molar-refractivity contribution in [2.24, 2.45) is 0 Å². The normalized spacial score (nSPS) is 12.7. The largest absolute Gasteiger partial charge is 0.496 e. The number of benzene rings is 1. The third-order valence-electron chi connectivity index (χ3n) is 2.59. The van der Waals surface area contributed by atoms with Gasteiger partial charge in [0.05, 0.1) is 7.11 Å². The molecule has 0 fully saturated rings. The Morgan fingerprint density at radius 1 is 1.40 bits per heavy atom. The molecule has 0 radical (unpaired) electrons. The van der Waals surface area contributed by atoms with E-state index in [1.54, 1.807) is 7.11 Å². The number of rotatable bonds is 3. The minimum Gasteiger partial charge on any atom is -0.496 e. The molecular weight excluding hydrogens is 256 g/mol. The van der Waals surface area contributed by atoms with E-state index < -0.39 is 0 Å². The lowest BCUT2D eigenvalue weighted by atomic mass is 9.96. The van der Waals surface area contributed by atoms with Crippen molar-refractivity contribution in [2.75, 3.05) is 13.7 Å². The van der Waals surface area contributed by atoms with Gasteiger partial charge in [-0.25, -0.2) is 0 Å². The maximum atomic E-state index is 9.24. The van der Waals surface area contributed by atoms with Crippen LogP contribution in [-0.2, 0) is 0 Å². The second-order valence-electron chi connectivity index (χ2n) is 3.85. The van der Waals surface area contributed by atoms with E-state index in [9.17, 15) is 5.11 Å². The van der Waals surface area contributed by atoms with Crippen molar-refractivity contribution in [3.63, 3.8) is 0 Å². The van der Waals surface area contributed by atoms with Gasteiger partial charge in [0.25, 0.3) is 0 Å². The molecule has 1 unspecified atom stereocenters. The monoisotopic (exact) mass is 272 g/mol. The van der Waals surface area contributed by atoms with Gasteiger partial charge in [-0.3, -0.25) is 0 Å². The van der Waals surface area contributed by atoms with Crippen LogP contribution in [0.25, 0.3) is 0 Å². The summed E-state index contributed by atoms with van der Waals surface area (Å²) < 4.78 is 6.43. The Kier molecular flexibility index (Phi) is 4.17. The Morgan fingerprint density at radius 2 is 2.00 bits per heavy atom. The first kappa shape index (κ1) is 12.5. The molecule has 0 saturated carbocycles. The molecule has 15 heavy (non-hydrogen) atoms. The predicted molar refractivity (Wildman–Crippen MR) is 65.7 cm³/mol. The van der Waals surface area contributed by atoms with Crippen molar-refractivity contribution >= 4 is 15.9 Å². The van der Waals surface area contributed by atoms with E-state index in [0.29, 0.717) is 0 Å². The fraction of sp³-hybridized carbons (Fsp3) is 0.500. The molecule has 0 heterocycles. The predicted octanol–water partition coefficient (Wildman–Crippen LogP) is 3.17. The SMILES string of the molecule is COc1c(C)cc(C)c(Br)c1C(C)CO. The zero-order valence-electron chi connectivity index (χ0n) is 9.60. The Bertz CT molecular complexity index is 361. The van der Waals surface area contributed by atoms with E-state index in [0.717, 1.165) is 21.3 Å². The van der Waals surface area contributed by atoms with Gasteiger partial charge in [-0.15, -0.1) is 0 Å². The molecule has 0 saturated heterocycles. The van der Waals surface area contributed by atoms with Gasteiger partial charge in [0, 0.05) is 22.6 Å². The van der Waals surface area contributed by atoms with Crippen LogP contribution in [0, 0.1) is 13.8 Å². The number of aliphatic hydroxyl groups excluding tert-OH is 1. The molecular formula is C12H17BrO2. The van der Waals surface area contributed by atoms with Crippen LogP contribution in [0.3, 0.4) is 0 Å². The average Bonchev–Trinajstić information content (AvgIpc) is 2.21. The van der Waals surface area contributed by atoms with Crippen molar-refractivity contribution in [3.05, 3.63) is 27.2 Å². The number of ether oxygens (including phenoxy) is 1. The zero-order chi connectivity index (χ0) is 11.6. The number of hydrogen-bond donors (Lipinski definition) is 1. The Labute approximate surface area is 99.4 Å². The van der Waals surface area contributed by atoms with Gasteiger partial charge in [0.15, 0.2) is 0 Å². The highest BCUT2D eigenvalue weighted by atomic mass is 79.9. The second-order valence-corrected chi connectivity index (χ2v) is 4.65. The number of aliphatic hydroxyl groups is 1. The van der Waals surface area contributed by atoms with Crippen LogP contribution in [0.1, 0.15) is 29.5 Å². The van der Waals surface area contributed by atoms with Crippen LogP contribution < -0.4 is 4.74 Å². The molecule has 1 aromatic rings. The molecule has 1 atom stereocenters. The van der Waals surface area contributed by atoms with E-state index in [-0.39, 0.29) is 12.5 Å². The van der Waals surface area contributed by atoms with Crippen molar-refractivity contribution in [1.29, 1.82) is 0 Å². The van der Waals surface area contributed by atoms with Crippen molar-refractivity contribution in [3.8, 4) is 5.75 Å². The standard InChI is InChI=1S/C12H17BrO2/c1-7-5-8(2)12(15-4)10(11(7)13)9(3)6-14/h5,9,14H,6H2,1-4H3. The van der Waals surface area contributed by atoms with E-state index in [2.05, 4.69) is 22.0 Å². The maximum absolute atomic E-state index is 9.24. The summed E-state index contributed by atoms with van der Waals surface area (Å²) in [6.07, 6.45) is 0. The molecule has 1 N–H and O–H groups in total. The summed E-state index contributed by atoms with van der Waals surface area (Å²) in [7, 11) is 1.66. The van der Waals surface area contributed by atoms with E-state index >= 15 is 0 Å². The van der Waals surface area contributed by atoms with Crippen LogP contribution in [0.5, 0.6) is 5.75 Å². The van der Waals surface area contributed by atoms with Crippen LogP contribution in [0.15, 0.2) is 10.5 Å². The summed E-state index contributed by atoms with van der Waals surface area (Å²) in [5, 5.41) is 9.24. The first-order valence-corrected chi connectivity index (χ1v) is 5.76. The smallest absolute Gasteiger partial charge is 0.126 e. The van der Waals surface area contributed by atoms with Gasteiger partial charge in [0.2, 0.25) is 0 Å². The van der Waals surface area contributed by atoms with E-state index in [4.69, 9.17) is 4.74 Å². The van der Waals surface area contributed by atoms with Crippen molar-refractivity contribution < 1.29 is 9.84 Å². The summed E-state index contributed by atoms with van der Waals surface area (Å²) in [4.78, 5) is 0. The second kappa shape index (κ2) is 4.99. The highest BCUT2D eigenvalue weighted by Crippen LogP contribution is 2.38. The summed E-state index contributed by atoms with van der Waals surface area (Å²) in [6.45, 7) is 6.18. The molecule has 0 aliphatic heterocycles.